The second-order valence-electron chi connectivity index (χ2n) is 20.0. The van der Waals surface area contributed by atoms with Gasteiger partial charge in [-0.3, -0.25) is 0 Å². The van der Waals surface area contributed by atoms with E-state index in [1.54, 1.807) is 5.57 Å². The second kappa shape index (κ2) is 21.1. The molecule has 4 aromatic rings. The van der Waals surface area contributed by atoms with Gasteiger partial charge < -0.3 is 0 Å². The molecule has 1 aliphatic rings. The quantitative estimate of drug-likeness (QED) is 0.0612. The van der Waals surface area contributed by atoms with Crippen molar-refractivity contribution in [1.29, 1.82) is 0 Å². The molecule has 1 unspecified atom stereocenters. The number of hydrogen-bond acceptors (Lipinski definition) is 2. The third kappa shape index (κ3) is 10.8. The van der Waals surface area contributed by atoms with E-state index in [2.05, 4.69) is 200 Å². The van der Waals surface area contributed by atoms with Gasteiger partial charge in [0.1, 0.15) is 0 Å². The monoisotopic (exact) mass is 934 g/mol. The average Bonchev–Trinajstić information content (AvgIpc) is 3.59. The van der Waals surface area contributed by atoms with Crippen LogP contribution in [0.1, 0.15) is 114 Å². The molecule has 0 aromatic heterocycles. The zero-order valence-electron chi connectivity index (χ0n) is 38.5. The molecular formula is C54H78O2Si2Sn. The first-order valence-corrected chi connectivity index (χ1v) is 34.6. The second-order valence-corrected chi connectivity index (χ2v) is 41.5. The van der Waals surface area contributed by atoms with Crippen molar-refractivity contribution in [2.75, 3.05) is 13.2 Å². The molecule has 5 rings (SSSR count). The molecule has 0 spiro atoms. The molecule has 1 aliphatic carbocycles. The Bertz CT molecular complexity index is 1670. The van der Waals surface area contributed by atoms with Crippen molar-refractivity contribution < 1.29 is 8.85 Å². The predicted octanol–water partition coefficient (Wildman–Crippen LogP) is 13.0. The number of unbranched alkanes of at least 4 members (excludes halogenated alkanes) is 3. The fourth-order valence-electron chi connectivity index (χ4n) is 10.5. The molecular weight excluding hydrogens is 855 g/mol. The van der Waals surface area contributed by atoms with Gasteiger partial charge in [-0.2, -0.15) is 0 Å². The first kappa shape index (κ1) is 47.6. The first-order chi connectivity index (χ1) is 28.3. The van der Waals surface area contributed by atoms with E-state index in [1.165, 1.54) is 72.6 Å². The van der Waals surface area contributed by atoms with Crippen LogP contribution in [0.15, 0.2) is 144 Å². The molecule has 0 aliphatic heterocycles. The van der Waals surface area contributed by atoms with Crippen LogP contribution in [-0.4, -0.2) is 48.2 Å². The summed E-state index contributed by atoms with van der Waals surface area (Å²) in [6, 6.07) is 44.9. The van der Waals surface area contributed by atoms with E-state index in [-0.39, 0.29) is 15.5 Å². The van der Waals surface area contributed by atoms with Crippen molar-refractivity contribution in [3.8, 4) is 0 Å². The minimum absolute atomic E-state index is 0.114. The zero-order valence-corrected chi connectivity index (χ0v) is 43.3. The molecule has 0 bridgehead atoms. The summed E-state index contributed by atoms with van der Waals surface area (Å²) >= 11 is -2.69. The number of benzene rings is 4. The van der Waals surface area contributed by atoms with Crippen LogP contribution < -0.4 is 20.7 Å². The van der Waals surface area contributed by atoms with Gasteiger partial charge in [0.25, 0.3) is 0 Å². The predicted molar refractivity (Wildman–Crippen MR) is 265 cm³/mol. The van der Waals surface area contributed by atoms with Crippen LogP contribution in [0.5, 0.6) is 0 Å². The fraction of sp³-hybridized carbons (Fsp3) is 0.481. The molecule has 1 saturated carbocycles. The average molecular weight is 934 g/mol. The standard InChI is InChI=1S/C42H51O2Si2.3C4H9.Sn/c1-9-35-31-42(30-34(35)2,32-43-45(40(3,4)5,36-22-14-10-15-23-36)37-24-16-11-17-25-37)33-44-46(41(6,7)8,38-26-18-12-19-27-38)39-28-20-13-21-29-39;3*1-3-4-2;/h2,9-29,35H,1,30-33H2,3-8H3;3*1,3-4H2,2H3;. The van der Waals surface area contributed by atoms with Crippen molar-refractivity contribution in [2.24, 2.45) is 11.3 Å². The van der Waals surface area contributed by atoms with E-state index in [9.17, 15) is 0 Å². The summed E-state index contributed by atoms with van der Waals surface area (Å²) in [5, 5.41) is 5.12. The molecule has 1 fully saturated rings. The first-order valence-electron chi connectivity index (χ1n) is 23.1. The maximum atomic E-state index is 8.01. The van der Waals surface area contributed by atoms with Crippen LogP contribution in [0.25, 0.3) is 0 Å². The molecule has 5 heteroatoms. The van der Waals surface area contributed by atoms with Gasteiger partial charge in [-0.05, 0) is 0 Å². The van der Waals surface area contributed by atoms with E-state index < -0.39 is 35.0 Å². The normalized spacial score (nSPS) is 17.0. The molecule has 0 N–H and O–H groups in total. The van der Waals surface area contributed by atoms with E-state index in [1.807, 2.05) is 0 Å². The van der Waals surface area contributed by atoms with E-state index in [0.29, 0.717) is 19.1 Å². The summed E-state index contributed by atoms with van der Waals surface area (Å²) < 4.78 is 23.5. The zero-order chi connectivity index (χ0) is 42.6. The Morgan fingerprint density at radius 1 is 0.576 bits per heavy atom. The Morgan fingerprint density at radius 3 is 1.17 bits per heavy atom. The van der Waals surface area contributed by atoms with E-state index >= 15 is 0 Å². The molecule has 0 radical (unpaired) electrons. The summed E-state index contributed by atoms with van der Waals surface area (Å²) in [5.41, 5.74) is 1.44. The van der Waals surface area contributed by atoms with E-state index in [0.717, 1.165) is 12.8 Å². The Labute approximate surface area is 367 Å². The maximum absolute atomic E-state index is 8.01. The molecule has 0 amide bonds. The van der Waals surface area contributed by atoms with Gasteiger partial charge in [0.15, 0.2) is 0 Å². The molecule has 0 heterocycles. The van der Waals surface area contributed by atoms with Crippen molar-refractivity contribution >= 4 is 55.8 Å². The van der Waals surface area contributed by atoms with Crippen molar-refractivity contribution in [3.63, 3.8) is 0 Å². The van der Waals surface area contributed by atoms with E-state index in [4.69, 9.17) is 8.85 Å². The molecule has 2 nitrogen and oxygen atoms in total. The minimum atomic E-state index is -2.83. The Kier molecular flexibility index (Phi) is 17.0. The van der Waals surface area contributed by atoms with Crippen LogP contribution in [0.3, 0.4) is 0 Å². The SMILES string of the molecule is C=CC1CC(CO[Si](c2ccccc2)(c2ccccc2)C(C)(C)C)(CO[Si](c2ccccc2)(c2ccccc2)C(C)(C)C)C/C1=[CH]\[Sn]([CH2]CCC)([CH2]CCC)[CH2]CCC. The summed E-state index contributed by atoms with van der Waals surface area (Å²) in [7, 11) is -5.67. The number of hydrogen-bond donors (Lipinski definition) is 0. The van der Waals surface area contributed by atoms with Crippen molar-refractivity contribution in [3.05, 3.63) is 144 Å². The van der Waals surface area contributed by atoms with Crippen molar-refractivity contribution in [1.82, 2.24) is 0 Å². The Morgan fingerprint density at radius 2 is 0.898 bits per heavy atom. The topological polar surface area (TPSA) is 18.5 Å². The van der Waals surface area contributed by atoms with Crippen LogP contribution in [-0.2, 0) is 8.85 Å². The van der Waals surface area contributed by atoms with Gasteiger partial charge >= 0.3 is 370 Å². The third-order valence-corrected chi connectivity index (χ3v) is 37.9. The summed E-state index contributed by atoms with van der Waals surface area (Å²) in [4.78, 5) is 0. The van der Waals surface area contributed by atoms with Crippen LogP contribution >= 0.6 is 0 Å². The molecule has 4 aromatic carbocycles. The Hall–Kier alpha value is -2.49. The van der Waals surface area contributed by atoms with Gasteiger partial charge in [0, 0.05) is 0 Å². The summed E-state index contributed by atoms with van der Waals surface area (Å²) in [6.07, 6.45) is 12.3. The number of allylic oxidation sites excluding steroid dienone is 2. The molecule has 0 saturated heterocycles. The molecule has 59 heavy (non-hydrogen) atoms. The number of rotatable bonds is 21. The Balaban J connectivity index is 1.72. The van der Waals surface area contributed by atoms with Gasteiger partial charge in [-0.25, -0.2) is 0 Å². The van der Waals surface area contributed by atoms with Crippen LogP contribution in [0.4, 0.5) is 0 Å². The summed E-state index contributed by atoms with van der Waals surface area (Å²) in [6.45, 7) is 27.5. The van der Waals surface area contributed by atoms with Gasteiger partial charge in [-0.1, -0.05) is 0 Å². The van der Waals surface area contributed by atoms with Crippen molar-refractivity contribution in [2.45, 2.75) is 137 Å². The third-order valence-electron chi connectivity index (χ3n) is 13.6. The molecule has 1 atom stereocenters. The van der Waals surface area contributed by atoms with Crippen LogP contribution in [0, 0.1) is 11.3 Å². The molecule has 318 valence electrons. The summed E-state index contributed by atoms with van der Waals surface area (Å²) in [5.74, 6) is 0.335. The van der Waals surface area contributed by atoms with Gasteiger partial charge in [0.05, 0.1) is 0 Å². The van der Waals surface area contributed by atoms with Crippen LogP contribution in [0.2, 0.25) is 23.4 Å². The van der Waals surface area contributed by atoms with Gasteiger partial charge in [0.2, 0.25) is 0 Å². The fourth-order valence-corrected chi connectivity index (χ4v) is 35.4. The van der Waals surface area contributed by atoms with Gasteiger partial charge in [-0.15, -0.1) is 0 Å².